The zero-order chi connectivity index (χ0) is 19.3. The second-order valence-electron chi connectivity index (χ2n) is 6.74. The van der Waals surface area contributed by atoms with Crippen LogP contribution in [0, 0.1) is 11.8 Å². The van der Waals surface area contributed by atoms with Crippen LogP contribution in [-0.2, 0) is 9.59 Å². The Labute approximate surface area is 153 Å². The van der Waals surface area contributed by atoms with Crippen LogP contribution < -0.4 is 5.32 Å². The summed E-state index contributed by atoms with van der Waals surface area (Å²) in [6.45, 7) is 5.79. The number of phenolic OH excluding ortho intramolecular Hbond substituents is 1. The van der Waals surface area contributed by atoms with Crippen LogP contribution in [0.15, 0.2) is 53.4 Å². The lowest BCUT2D eigenvalue weighted by Gasteiger charge is -2.15. The van der Waals surface area contributed by atoms with Gasteiger partial charge in [-0.15, -0.1) is 0 Å². The van der Waals surface area contributed by atoms with E-state index in [0.717, 1.165) is 6.42 Å². The second-order valence-corrected chi connectivity index (χ2v) is 6.74. The number of hydrogen-bond donors (Lipinski definition) is 3. The van der Waals surface area contributed by atoms with E-state index in [-0.39, 0.29) is 34.5 Å². The van der Waals surface area contributed by atoms with Gasteiger partial charge in [-0.25, -0.2) is 0 Å². The molecule has 0 saturated carbocycles. The molecule has 3 N–H and O–H groups in total. The van der Waals surface area contributed by atoms with Gasteiger partial charge in [-0.3, -0.25) is 9.59 Å². The third kappa shape index (κ3) is 4.63. The molecule has 0 saturated heterocycles. The van der Waals surface area contributed by atoms with Crippen molar-refractivity contribution in [3.05, 3.63) is 59.0 Å². The highest BCUT2D eigenvalue weighted by atomic mass is 16.3. The molecule has 0 bridgehead atoms. The molecule has 2 rings (SSSR count). The van der Waals surface area contributed by atoms with Crippen molar-refractivity contribution in [2.75, 3.05) is 0 Å². The predicted molar refractivity (Wildman–Crippen MR) is 101 cm³/mol. The standard InChI is InChI=1S/C21H25NO4/c1-4-5-6-13(2)11-14(3)19(24)18-20(25)17(22-21(18)26)12-15-7-9-16(23)10-8-15/h4-5,7-10,12-14,23,25H,6,11H2,1-3H3,(H,22,26)/t13-,14-/m1/s1. The number of Topliss-reactive ketones (excluding diaryl/α,β-unsaturated/α-hetero) is 1. The summed E-state index contributed by atoms with van der Waals surface area (Å²) < 4.78 is 0. The number of hydrogen-bond acceptors (Lipinski definition) is 4. The summed E-state index contributed by atoms with van der Waals surface area (Å²) in [4.78, 5) is 24.9. The van der Waals surface area contributed by atoms with E-state index < -0.39 is 5.91 Å². The highest BCUT2D eigenvalue weighted by Gasteiger charge is 2.34. The molecular weight excluding hydrogens is 330 g/mol. The smallest absolute Gasteiger partial charge is 0.263 e. The zero-order valence-electron chi connectivity index (χ0n) is 15.3. The molecular formula is C21H25NO4. The van der Waals surface area contributed by atoms with Crippen molar-refractivity contribution in [2.24, 2.45) is 11.8 Å². The number of carbonyl (C=O) groups excluding carboxylic acids is 2. The van der Waals surface area contributed by atoms with Crippen LogP contribution in [0.1, 0.15) is 39.2 Å². The highest BCUT2D eigenvalue weighted by Crippen LogP contribution is 2.26. The normalized spacial score (nSPS) is 18.4. The third-order valence-corrected chi connectivity index (χ3v) is 4.40. The van der Waals surface area contributed by atoms with E-state index in [4.69, 9.17) is 0 Å². The summed E-state index contributed by atoms with van der Waals surface area (Å²) in [6, 6.07) is 6.30. The van der Waals surface area contributed by atoms with Crippen molar-refractivity contribution >= 4 is 17.8 Å². The first-order valence-electron chi connectivity index (χ1n) is 8.74. The van der Waals surface area contributed by atoms with E-state index in [0.29, 0.717) is 17.9 Å². The molecule has 1 aromatic rings. The van der Waals surface area contributed by atoms with E-state index in [9.17, 15) is 19.8 Å². The first-order chi connectivity index (χ1) is 12.3. The van der Waals surface area contributed by atoms with Gasteiger partial charge in [0.25, 0.3) is 5.91 Å². The van der Waals surface area contributed by atoms with Gasteiger partial charge in [0.1, 0.15) is 11.3 Å². The monoisotopic (exact) mass is 355 g/mol. The molecule has 0 aliphatic carbocycles. The molecule has 138 valence electrons. The summed E-state index contributed by atoms with van der Waals surface area (Å²) in [5, 5.41) is 22.2. The number of carbonyl (C=O) groups is 2. The first kappa shape index (κ1) is 19.5. The number of aromatic hydroxyl groups is 1. The van der Waals surface area contributed by atoms with E-state index in [2.05, 4.69) is 18.3 Å². The third-order valence-electron chi connectivity index (χ3n) is 4.40. The van der Waals surface area contributed by atoms with Gasteiger partial charge in [-0.2, -0.15) is 0 Å². The molecule has 0 fully saturated rings. The van der Waals surface area contributed by atoms with E-state index in [1.54, 1.807) is 25.1 Å². The summed E-state index contributed by atoms with van der Waals surface area (Å²) in [7, 11) is 0. The number of nitrogens with one attached hydrogen (secondary N) is 1. The fraction of sp³-hybridized carbons (Fsp3) is 0.333. The van der Waals surface area contributed by atoms with Crippen molar-refractivity contribution in [1.82, 2.24) is 5.32 Å². The minimum atomic E-state index is -0.578. The maximum absolute atomic E-state index is 12.7. The Morgan fingerprint density at radius 2 is 1.85 bits per heavy atom. The second kappa shape index (κ2) is 8.52. The number of ketones is 1. The van der Waals surface area contributed by atoms with Crippen LogP contribution in [0.4, 0.5) is 0 Å². The average molecular weight is 355 g/mol. The van der Waals surface area contributed by atoms with Crippen LogP contribution in [0.2, 0.25) is 0 Å². The van der Waals surface area contributed by atoms with E-state index in [1.807, 2.05) is 13.0 Å². The Balaban J connectivity index is 2.18. The van der Waals surface area contributed by atoms with Crippen LogP contribution in [-0.4, -0.2) is 21.9 Å². The lowest BCUT2D eigenvalue weighted by Crippen LogP contribution is -2.24. The summed E-state index contributed by atoms with van der Waals surface area (Å²) in [5.41, 5.74) is 0.699. The van der Waals surface area contributed by atoms with E-state index >= 15 is 0 Å². The molecule has 0 aromatic heterocycles. The van der Waals surface area contributed by atoms with Crippen LogP contribution in [0.3, 0.4) is 0 Å². The maximum atomic E-state index is 12.7. The van der Waals surface area contributed by atoms with Gasteiger partial charge in [0.2, 0.25) is 0 Å². The Bertz CT molecular complexity index is 772. The molecule has 26 heavy (non-hydrogen) atoms. The number of benzene rings is 1. The molecule has 1 amide bonds. The first-order valence-corrected chi connectivity index (χ1v) is 8.74. The number of allylic oxidation sites excluding steroid dienone is 2. The zero-order valence-corrected chi connectivity index (χ0v) is 15.3. The van der Waals surface area contributed by atoms with Gasteiger partial charge in [0, 0.05) is 5.92 Å². The van der Waals surface area contributed by atoms with Crippen molar-refractivity contribution in [3.8, 4) is 5.75 Å². The Morgan fingerprint density at radius 1 is 1.19 bits per heavy atom. The van der Waals surface area contributed by atoms with Gasteiger partial charge in [0.15, 0.2) is 11.5 Å². The molecule has 5 heteroatoms. The van der Waals surface area contributed by atoms with Gasteiger partial charge in [-0.1, -0.05) is 38.1 Å². The molecule has 2 atom stereocenters. The van der Waals surface area contributed by atoms with Crippen molar-refractivity contribution in [2.45, 2.75) is 33.6 Å². The summed E-state index contributed by atoms with van der Waals surface area (Å²) in [6.07, 6.45) is 7.11. The Morgan fingerprint density at radius 3 is 2.46 bits per heavy atom. The Hall–Kier alpha value is -2.82. The minimum Gasteiger partial charge on any atom is -0.508 e. The number of amides is 1. The number of aliphatic hydroxyl groups excluding tert-OH is 1. The molecule has 1 aliphatic rings. The summed E-state index contributed by atoms with van der Waals surface area (Å²) in [5.74, 6) is -1.16. The quantitative estimate of drug-likeness (QED) is 0.512. The molecule has 0 radical (unpaired) electrons. The molecule has 0 unspecified atom stereocenters. The van der Waals surface area contributed by atoms with Crippen molar-refractivity contribution < 1.29 is 19.8 Å². The molecule has 5 nitrogen and oxygen atoms in total. The molecule has 0 spiro atoms. The van der Waals surface area contributed by atoms with Gasteiger partial charge in [-0.05, 0) is 49.5 Å². The predicted octanol–water partition coefficient (Wildman–Crippen LogP) is 3.87. The van der Waals surface area contributed by atoms with Crippen molar-refractivity contribution in [3.63, 3.8) is 0 Å². The van der Waals surface area contributed by atoms with E-state index in [1.165, 1.54) is 12.1 Å². The van der Waals surface area contributed by atoms with Gasteiger partial charge < -0.3 is 15.5 Å². The van der Waals surface area contributed by atoms with Crippen LogP contribution >= 0.6 is 0 Å². The molecule has 1 aromatic carbocycles. The maximum Gasteiger partial charge on any atom is 0.263 e. The van der Waals surface area contributed by atoms with Crippen LogP contribution in [0.5, 0.6) is 5.75 Å². The lowest BCUT2D eigenvalue weighted by atomic mass is 9.88. The van der Waals surface area contributed by atoms with Gasteiger partial charge >= 0.3 is 0 Å². The average Bonchev–Trinajstić information content (AvgIpc) is 2.88. The Kier molecular flexibility index (Phi) is 6.39. The largest absolute Gasteiger partial charge is 0.508 e. The number of phenols is 1. The van der Waals surface area contributed by atoms with Gasteiger partial charge in [0.05, 0.1) is 5.70 Å². The minimum absolute atomic E-state index is 0.124. The fourth-order valence-corrected chi connectivity index (χ4v) is 2.98. The summed E-state index contributed by atoms with van der Waals surface area (Å²) >= 11 is 0. The highest BCUT2D eigenvalue weighted by molar-refractivity contribution is 6.23. The SMILES string of the molecule is CC=CC[C@@H](C)C[C@@H](C)C(=O)C1=C(O)C(=Cc2ccc(O)cc2)NC1=O. The number of aliphatic hydroxyl groups is 1. The lowest BCUT2D eigenvalue weighted by molar-refractivity contribution is -0.123. The molecule has 1 aliphatic heterocycles. The number of rotatable bonds is 7. The fourth-order valence-electron chi connectivity index (χ4n) is 2.98. The van der Waals surface area contributed by atoms with Crippen LogP contribution in [0.25, 0.3) is 6.08 Å². The molecule has 1 heterocycles. The van der Waals surface area contributed by atoms with Crippen molar-refractivity contribution in [1.29, 1.82) is 0 Å². The topological polar surface area (TPSA) is 86.6 Å².